The molecule has 2 nitrogen and oxygen atoms in total. The minimum absolute atomic E-state index is 0.263. The van der Waals surface area contributed by atoms with E-state index in [-0.39, 0.29) is 6.61 Å². The van der Waals surface area contributed by atoms with Crippen LogP contribution >= 0.6 is 0 Å². The van der Waals surface area contributed by atoms with E-state index in [1.807, 2.05) is 0 Å². The van der Waals surface area contributed by atoms with Crippen molar-refractivity contribution in [3.05, 3.63) is 12.2 Å². The molecule has 0 aromatic rings. The van der Waals surface area contributed by atoms with Gasteiger partial charge in [-0.2, -0.15) is 0 Å². The maximum Gasteiger partial charge on any atom is 0.0838 e. The highest BCUT2D eigenvalue weighted by molar-refractivity contribution is 4.85. The van der Waals surface area contributed by atoms with Crippen LogP contribution in [0.2, 0.25) is 0 Å². The Hall–Kier alpha value is -0.340. The van der Waals surface area contributed by atoms with E-state index in [0.29, 0.717) is 6.10 Å². The van der Waals surface area contributed by atoms with Crippen LogP contribution in [0.1, 0.15) is 32.6 Å². The fourth-order valence-electron chi connectivity index (χ4n) is 1.60. The molecule has 2 unspecified atom stereocenters. The summed E-state index contributed by atoms with van der Waals surface area (Å²) in [5.74, 6) is 0.749. The maximum absolute atomic E-state index is 8.55. The van der Waals surface area contributed by atoms with Gasteiger partial charge < -0.3 is 9.84 Å². The number of ether oxygens (including phenoxy) is 1. The summed E-state index contributed by atoms with van der Waals surface area (Å²) in [7, 11) is 0. The number of hydrogen-bond donors (Lipinski definition) is 1. The fourth-order valence-corrected chi connectivity index (χ4v) is 1.60. The second-order valence-electron chi connectivity index (χ2n) is 3.60. The number of aliphatic hydroxyl groups excluding tert-OH is 1. The minimum atomic E-state index is 0.263. The molecule has 0 aromatic heterocycles. The van der Waals surface area contributed by atoms with Gasteiger partial charge in [0.05, 0.1) is 12.7 Å². The highest BCUT2D eigenvalue weighted by Gasteiger charge is 2.30. The molecule has 1 aliphatic rings. The van der Waals surface area contributed by atoms with Gasteiger partial charge in [0.15, 0.2) is 0 Å². The van der Waals surface area contributed by atoms with Crippen LogP contribution in [0, 0.1) is 5.92 Å². The van der Waals surface area contributed by atoms with E-state index in [9.17, 15) is 0 Å². The van der Waals surface area contributed by atoms with Crippen molar-refractivity contribution in [2.45, 2.75) is 38.7 Å². The van der Waals surface area contributed by atoms with E-state index >= 15 is 0 Å². The molecule has 2 atom stereocenters. The summed E-state index contributed by atoms with van der Waals surface area (Å²) in [5, 5.41) is 8.55. The van der Waals surface area contributed by atoms with Gasteiger partial charge in [-0.15, -0.1) is 0 Å². The lowest BCUT2D eigenvalue weighted by atomic mass is 9.97. The Bertz CT molecular complexity index is 150. The molecule has 13 heavy (non-hydrogen) atoms. The maximum atomic E-state index is 8.55. The fraction of sp³-hybridized carbons (Fsp3) is 0.818. The molecule has 0 saturated carbocycles. The van der Waals surface area contributed by atoms with E-state index in [1.165, 1.54) is 12.8 Å². The van der Waals surface area contributed by atoms with Crippen LogP contribution in [0.3, 0.4) is 0 Å². The smallest absolute Gasteiger partial charge is 0.0838 e. The third-order valence-electron chi connectivity index (χ3n) is 2.58. The molecule has 1 aliphatic heterocycles. The Kier molecular flexibility index (Phi) is 5.09. The zero-order chi connectivity index (χ0) is 9.52. The van der Waals surface area contributed by atoms with Crippen LogP contribution in [0.4, 0.5) is 0 Å². The molecular formula is C11H20O2. The summed E-state index contributed by atoms with van der Waals surface area (Å²) in [6, 6.07) is 0. The number of hydrogen-bond acceptors (Lipinski definition) is 2. The molecule has 76 valence electrons. The third kappa shape index (κ3) is 4.44. The van der Waals surface area contributed by atoms with Crippen LogP contribution in [0.15, 0.2) is 12.2 Å². The van der Waals surface area contributed by atoms with Crippen molar-refractivity contribution in [1.82, 2.24) is 0 Å². The SMILES string of the molecule is CCC(CC/C=C/CCO)C1CO1. The number of allylic oxidation sites excluding steroid dienone is 1. The molecule has 0 aliphatic carbocycles. The Morgan fingerprint density at radius 3 is 2.69 bits per heavy atom. The summed E-state index contributed by atoms with van der Waals surface area (Å²) >= 11 is 0. The predicted molar refractivity (Wildman–Crippen MR) is 53.6 cm³/mol. The van der Waals surface area contributed by atoms with Gasteiger partial charge in [-0.3, -0.25) is 0 Å². The largest absolute Gasteiger partial charge is 0.396 e. The Labute approximate surface area is 80.6 Å². The van der Waals surface area contributed by atoms with Crippen molar-refractivity contribution < 1.29 is 9.84 Å². The third-order valence-corrected chi connectivity index (χ3v) is 2.58. The average Bonchev–Trinajstić information content (AvgIpc) is 2.95. The molecule has 1 N–H and O–H groups in total. The lowest BCUT2D eigenvalue weighted by Gasteiger charge is -2.08. The average molecular weight is 184 g/mol. The van der Waals surface area contributed by atoms with E-state index in [1.54, 1.807) is 0 Å². The van der Waals surface area contributed by atoms with Gasteiger partial charge in [0.1, 0.15) is 0 Å². The van der Waals surface area contributed by atoms with Crippen molar-refractivity contribution in [2.24, 2.45) is 5.92 Å². The Morgan fingerprint density at radius 2 is 2.15 bits per heavy atom. The summed E-state index contributed by atoms with van der Waals surface area (Å²) in [6.07, 6.45) is 9.13. The van der Waals surface area contributed by atoms with E-state index in [0.717, 1.165) is 25.4 Å². The lowest BCUT2D eigenvalue weighted by molar-refractivity contribution is 0.302. The van der Waals surface area contributed by atoms with Crippen LogP contribution in [-0.4, -0.2) is 24.4 Å². The van der Waals surface area contributed by atoms with E-state index < -0.39 is 0 Å². The number of epoxide rings is 1. The molecule has 1 fully saturated rings. The molecule has 1 heterocycles. The second kappa shape index (κ2) is 6.17. The summed E-state index contributed by atoms with van der Waals surface area (Å²) < 4.78 is 5.28. The van der Waals surface area contributed by atoms with Gasteiger partial charge in [-0.25, -0.2) is 0 Å². The summed E-state index contributed by atoms with van der Waals surface area (Å²) in [5.41, 5.74) is 0. The first kappa shape index (κ1) is 10.7. The molecule has 0 radical (unpaired) electrons. The number of rotatable bonds is 7. The minimum Gasteiger partial charge on any atom is -0.396 e. The lowest BCUT2D eigenvalue weighted by Crippen LogP contribution is -2.06. The highest BCUT2D eigenvalue weighted by atomic mass is 16.6. The first-order valence-electron chi connectivity index (χ1n) is 5.26. The molecule has 2 heteroatoms. The Morgan fingerprint density at radius 1 is 1.46 bits per heavy atom. The van der Waals surface area contributed by atoms with Gasteiger partial charge in [0.25, 0.3) is 0 Å². The first-order valence-corrected chi connectivity index (χ1v) is 5.26. The molecule has 0 bridgehead atoms. The zero-order valence-electron chi connectivity index (χ0n) is 8.41. The van der Waals surface area contributed by atoms with Crippen molar-refractivity contribution in [2.75, 3.05) is 13.2 Å². The second-order valence-corrected chi connectivity index (χ2v) is 3.60. The first-order chi connectivity index (χ1) is 6.38. The molecular weight excluding hydrogens is 164 g/mol. The topological polar surface area (TPSA) is 32.8 Å². The van der Waals surface area contributed by atoms with Crippen LogP contribution in [-0.2, 0) is 4.74 Å². The quantitative estimate of drug-likeness (QED) is 0.485. The van der Waals surface area contributed by atoms with Crippen molar-refractivity contribution in [3.8, 4) is 0 Å². The predicted octanol–water partition coefficient (Wildman–Crippen LogP) is 2.13. The van der Waals surface area contributed by atoms with Crippen LogP contribution < -0.4 is 0 Å². The standard InChI is InChI=1S/C11H20O2/c1-2-10(11-9-13-11)7-5-3-4-6-8-12/h3-4,10-12H,2,5-9H2,1H3/b4-3+. The van der Waals surface area contributed by atoms with Crippen LogP contribution in [0.25, 0.3) is 0 Å². The van der Waals surface area contributed by atoms with Gasteiger partial charge in [-0.05, 0) is 25.2 Å². The van der Waals surface area contributed by atoms with Gasteiger partial charge >= 0.3 is 0 Å². The van der Waals surface area contributed by atoms with Crippen LogP contribution in [0.5, 0.6) is 0 Å². The Balaban J connectivity index is 2.02. The number of aliphatic hydroxyl groups is 1. The van der Waals surface area contributed by atoms with Gasteiger partial charge in [0.2, 0.25) is 0 Å². The monoisotopic (exact) mass is 184 g/mol. The molecule has 1 rings (SSSR count). The van der Waals surface area contributed by atoms with Gasteiger partial charge in [0, 0.05) is 6.61 Å². The summed E-state index contributed by atoms with van der Waals surface area (Å²) in [4.78, 5) is 0. The molecule has 0 spiro atoms. The normalized spacial score (nSPS) is 23.7. The van der Waals surface area contributed by atoms with Crippen molar-refractivity contribution >= 4 is 0 Å². The van der Waals surface area contributed by atoms with E-state index in [4.69, 9.17) is 9.84 Å². The van der Waals surface area contributed by atoms with Crippen molar-refractivity contribution in [3.63, 3.8) is 0 Å². The molecule has 1 saturated heterocycles. The zero-order valence-corrected chi connectivity index (χ0v) is 8.41. The molecule has 0 amide bonds. The van der Waals surface area contributed by atoms with Crippen molar-refractivity contribution in [1.29, 1.82) is 0 Å². The molecule has 0 aromatic carbocycles. The highest BCUT2D eigenvalue weighted by Crippen LogP contribution is 2.26. The van der Waals surface area contributed by atoms with Gasteiger partial charge in [-0.1, -0.05) is 25.5 Å². The van der Waals surface area contributed by atoms with E-state index in [2.05, 4.69) is 19.1 Å². The summed E-state index contributed by atoms with van der Waals surface area (Å²) in [6.45, 7) is 3.46.